The highest BCUT2D eigenvalue weighted by Gasteiger charge is 2.48. The van der Waals surface area contributed by atoms with Crippen LogP contribution in [0, 0.1) is 6.42 Å². The van der Waals surface area contributed by atoms with Crippen molar-refractivity contribution < 1.29 is 10.4 Å². The van der Waals surface area contributed by atoms with E-state index in [2.05, 4.69) is 21.7 Å². The van der Waals surface area contributed by atoms with Gasteiger partial charge in [-0.05, 0) is 6.07 Å². The molecule has 0 saturated carbocycles. The van der Waals surface area contributed by atoms with Gasteiger partial charge in [0.05, 0.1) is 18.5 Å². The number of rotatable bonds is 1. The molecule has 0 aliphatic carbocycles. The number of hydrogen-bond donors (Lipinski definition) is 2. The summed E-state index contributed by atoms with van der Waals surface area (Å²) in [6.07, 6.45) is 9.15. The summed E-state index contributed by atoms with van der Waals surface area (Å²) >= 11 is 0. The molecular formula is C11H14N3O+. The van der Waals surface area contributed by atoms with Gasteiger partial charge < -0.3 is 10.4 Å². The van der Waals surface area contributed by atoms with E-state index >= 15 is 0 Å². The van der Waals surface area contributed by atoms with Gasteiger partial charge in [0.25, 0.3) is 0 Å². The fourth-order valence-electron chi connectivity index (χ4n) is 2.65. The van der Waals surface area contributed by atoms with Gasteiger partial charge in [-0.2, -0.15) is 0 Å². The molecule has 0 aromatic carbocycles. The second-order valence-electron chi connectivity index (χ2n) is 4.48. The summed E-state index contributed by atoms with van der Waals surface area (Å²) in [6, 6.07) is 2.55. The summed E-state index contributed by atoms with van der Waals surface area (Å²) in [7, 11) is 0. The van der Waals surface area contributed by atoms with Crippen LogP contribution in [-0.2, 0) is 5.60 Å². The van der Waals surface area contributed by atoms with Crippen LogP contribution >= 0.6 is 0 Å². The average molecular weight is 204 g/mol. The van der Waals surface area contributed by atoms with Crippen molar-refractivity contribution >= 4 is 0 Å². The number of quaternary nitrogens is 1. The Morgan fingerprint density at radius 2 is 2.20 bits per heavy atom. The van der Waals surface area contributed by atoms with Gasteiger partial charge in [-0.3, -0.25) is 0 Å². The van der Waals surface area contributed by atoms with Crippen LogP contribution in [0.2, 0.25) is 0 Å². The highest BCUT2D eigenvalue weighted by atomic mass is 16.3. The molecule has 2 saturated heterocycles. The molecule has 2 aliphatic heterocycles. The molecule has 3 rings (SSSR count). The zero-order valence-electron chi connectivity index (χ0n) is 8.43. The standard InChI is InChI=1S/C11H13N3O/c15-11(10-12-4-1-5-13-10)6-8-2-3-9(7-11)14-8/h1,4-5,8-9,14-15H,2,6-7H2/p+1. The monoisotopic (exact) mass is 204 g/mol. The molecule has 3 N–H and O–H groups in total. The molecule has 0 amide bonds. The van der Waals surface area contributed by atoms with Gasteiger partial charge in [-0.15, -0.1) is 0 Å². The molecule has 1 aromatic rings. The fourth-order valence-corrected chi connectivity index (χ4v) is 2.65. The van der Waals surface area contributed by atoms with Crippen molar-refractivity contribution in [3.63, 3.8) is 0 Å². The lowest BCUT2D eigenvalue weighted by molar-refractivity contribution is -0.713. The van der Waals surface area contributed by atoms with Crippen molar-refractivity contribution in [2.24, 2.45) is 0 Å². The quantitative estimate of drug-likeness (QED) is 0.632. The van der Waals surface area contributed by atoms with Crippen LogP contribution in [0.3, 0.4) is 0 Å². The third-order valence-electron chi connectivity index (χ3n) is 3.29. The van der Waals surface area contributed by atoms with Crippen LogP contribution in [0.25, 0.3) is 0 Å². The van der Waals surface area contributed by atoms with E-state index in [1.165, 1.54) is 0 Å². The lowest BCUT2D eigenvalue weighted by Gasteiger charge is -2.33. The molecule has 3 heterocycles. The molecule has 4 heteroatoms. The Morgan fingerprint density at radius 1 is 1.40 bits per heavy atom. The number of piperidine rings is 1. The largest absolute Gasteiger partial charge is 0.381 e. The second kappa shape index (κ2) is 3.25. The van der Waals surface area contributed by atoms with Crippen LogP contribution in [0.5, 0.6) is 0 Å². The predicted octanol–water partition coefficient (Wildman–Crippen LogP) is -0.756. The molecule has 0 spiro atoms. The van der Waals surface area contributed by atoms with E-state index in [1.54, 1.807) is 18.5 Å². The van der Waals surface area contributed by atoms with Crippen molar-refractivity contribution in [2.75, 3.05) is 0 Å². The lowest BCUT2D eigenvalue weighted by Crippen LogP contribution is -2.94. The number of hydrogen-bond acceptors (Lipinski definition) is 3. The lowest BCUT2D eigenvalue weighted by atomic mass is 9.87. The number of nitrogens with zero attached hydrogens (tertiary/aromatic N) is 2. The van der Waals surface area contributed by atoms with Gasteiger partial charge in [0.2, 0.25) is 0 Å². The molecule has 15 heavy (non-hydrogen) atoms. The highest BCUT2D eigenvalue weighted by molar-refractivity contribution is 5.08. The normalized spacial score (nSPS) is 39.3. The van der Waals surface area contributed by atoms with Crippen LogP contribution in [0.15, 0.2) is 18.5 Å². The van der Waals surface area contributed by atoms with E-state index < -0.39 is 5.60 Å². The van der Waals surface area contributed by atoms with Gasteiger partial charge in [0, 0.05) is 31.7 Å². The summed E-state index contributed by atoms with van der Waals surface area (Å²) in [5.74, 6) is 0.566. The Kier molecular flexibility index (Phi) is 2.00. The van der Waals surface area contributed by atoms with Gasteiger partial charge in [-0.1, -0.05) is 0 Å². The first-order chi connectivity index (χ1) is 7.26. The van der Waals surface area contributed by atoms with Crippen LogP contribution < -0.4 is 5.32 Å². The maximum atomic E-state index is 10.5. The molecule has 3 atom stereocenters. The summed E-state index contributed by atoms with van der Waals surface area (Å²) in [4.78, 5) is 8.34. The van der Waals surface area contributed by atoms with Crippen LogP contribution in [-0.4, -0.2) is 27.2 Å². The Balaban J connectivity index is 1.91. The molecule has 3 unspecified atom stereocenters. The van der Waals surface area contributed by atoms with Gasteiger partial charge >= 0.3 is 0 Å². The third-order valence-corrected chi connectivity index (χ3v) is 3.29. The maximum absolute atomic E-state index is 10.5. The maximum Gasteiger partial charge on any atom is 0.160 e. The van der Waals surface area contributed by atoms with Crippen molar-refractivity contribution in [1.82, 2.24) is 9.97 Å². The fraction of sp³-hybridized carbons (Fsp3) is 0.545. The smallest absolute Gasteiger partial charge is 0.160 e. The molecule has 2 aliphatic rings. The Morgan fingerprint density at radius 3 is 2.93 bits per heavy atom. The van der Waals surface area contributed by atoms with Gasteiger partial charge in [-0.25, -0.2) is 9.97 Å². The van der Waals surface area contributed by atoms with E-state index in [0.29, 0.717) is 24.3 Å². The summed E-state index contributed by atoms with van der Waals surface area (Å²) in [5.41, 5.74) is -0.838. The predicted molar refractivity (Wildman–Crippen MR) is 52.5 cm³/mol. The van der Waals surface area contributed by atoms with Crippen molar-refractivity contribution in [3.05, 3.63) is 30.7 Å². The summed E-state index contributed by atoms with van der Waals surface area (Å²) in [5, 5.41) is 12.8. The Hall–Kier alpha value is -1.00. The summed E-state index contributed by atoms with van der Waals surface area (Å²) in [6.45, 7) is 0. The van der Waals surface area contributed by atoms with E-state index in [0.717, 1.165) is 12.8 Å². The number of fused-ring (bicyclic) bond motifs is 2. The minimum Gasteiger partial charge on any atom is -0.381 e. The average Bonchev–Trinajstić information content (AvgIpc) is 2.60. The molecule has 2 fully saturated rings. The number of aliphatic hydroxyl groups is 1. The highest BCUT2D eigenvalue weighted by Crippen LogP contribution is 2.34. The minimum atomic E-state index is -0.838. The topological polar surface area (TPSA) is 62.6 Å². The first kappa shape index (κ1) is 9.24. The molecule has 78 valence electrons. The first-order valence-electron chi connectivity index (χ1n) is 5.34. The molecule has 4 nitrogen and oxygen atoms in total. The number of aromatic nitrogens is 2. The third kappa shape index (κ3) is 1.54. The zero-order chi connectivity index (χ0) is 10.3. The Labute approximate surface area is 88.8 Å². The van der Waals surface area contributed by atoms with E-state index in [4.69, 9.17) is 0 Å². The van der Waals surface area contributed by atoms with E-state index in [1.807, 2.05) is 0 Å². The van der Waals surface area contributed by atoms with Gasteiger partial charge in [0.1, 0.15) is 5.60 Å². The number of nitrogens with two attached hydrogens (primary N) is 1. The molecule has 2 bridgehead atoms. The minimum absolute atomic E-state index is 0.317. The molecular weight excluding hydrogens is 190 g/mol. The SMILES string of the molecule is OC1(c2ncccn2)CC2[C]CC(C1)[NH2+]2. The summed E-state index contributed by atoms with van der Waals surface area (Å²) < 4.78 is 0. The first-order valence-corrected chi connectivity index (χ1v) is 5.34. The molecule has 2 radical (unpaired) electrons. The zero-order valence-corrected chi connectivity index (χ0v) is 8.43. The van der Waals surface area contributed by atoms with E-state index in [9.17, 15) is 5.11 Å². The Bertz CT molecular complexity index is 342. The van der Waals surface area contributed by atoms with Crippen LogP contribution in [0.4, 0.5) is 0 Å². The van der Waals surface area contributed by atoms with Crippen molar-refractivity contribution in [2.45, 2.75) is 36.9 Å². The second-order valence-corrected chi connectivity index (χ2v) is 4.48. The van der Waals surface area contributed by atoms with Crippen molar-refractivity contribution in [3.8, 4) is 0 Å². The van der Waals surface area contributed by atoms with E-state index in [-0.39, 0.29) is 0 Å². The molecule has 1 aromatic heterocycles. The van der Waals surface area contributed by atoms with Gasteiger partial charge in [0.15, 0.2) is 5.82 Å². The van der Waals surface area contributed by atoms with Crippen LogP contribution in [0.1, 0.15) is 25.1 Å². The van der Waals surface area contributed by atoms with Crippen molar-refractivity contribution in [1.29, 1.82) is 0 Å².